The predicted molar refractivity (Wildman–Crippen MR) is 137 cm³/mol. The molecule has 1 aliphatic rings. The van der Waals surface area contributed by atoms with Gasteiger partial charge in [-0.15, -0.1) is 0 Å². The zero-order valence-electron chi connectivity index (χ0n) is 20.1. The molecule has 1 amide bonds. The Balaban J connectivity index is 1.46. The van der Waals surface area contributed by atoms with Crippen LogP contribution in [-0.4, -0.2) is 42.7 Å². The molecule has 1 atom stereocenters. The first kappa shape index (κ1) is 25.0. The highest BCUT2D eigenvalue weighted by Gasteiger charge is 2.20. The molecule has 0 saturated heterocycles. The van der Waals surface area contributed by atoms with Crippen LogP contribution in [0.3, 0.4) is 0 Å². The van der Waals surface area contributed by atoms with E-state index in [0.717, 1.165) is 22.8 Å². The Labute approximate surface area is 206 Å². The number of anilines is 2. The number of hydrogen-bond acceptors (Lipinski definition) is 5. The first-order chi connectivity index (χ1) is 16.7. The maximum atomic E-state index is 13.2. The summed E-state index contributed by atoms with van der Waals surface area (Å²) in [4.78, 5) is 19.3. The molecule has 1 heterocycles. The molecule has 1 fully saturated rings. The van der Waals surface area contributed by atoms with Crippen molar-refractivity contribution in [1.29, 1.82) is 0 Å². The van der Waals surface area contributed by atoms with Gasteiger partial charge >= 0.3 is 6.09 Å². The number of sulfonamides is 1. The van der Waals surface area contributed by atoms with Crippen molar-refractivity contribution in [2.24, 2.45) is 5.92 Å². The lowest BCUT2D eigenvalue weighted by molar-refractivity contribution is 0.203. The smallest absolute Gasteiger partial charge is 0.413 e. The van der Waals surface area contributed by atoms with Gasteiger partial charge in [0.1, 0.15) is 0 Å². The fourth-order valence-corrected chi connectivity index (χ4v) is 5.79. The number of benzene rings is 2. The van der Waals surface area contributed by atoms with E-state index in [-0.39, 0.29) is 10.8 Å². The van der Waals surface area contributed by atoms with Gasteiger partial charge in [-0.2, -0.15) is 0 Å². The number of rotatable bonds is 9. The van der Waals surface area contributed by atoms with Crippen molar-refractivity contribution in [2.45, 2.75) is 62.9 Å². The van der Waals surface area contributed by atoms with Crippen molar-refractivity contribution >= 4 is 38.8 Å². The Morgan fingerprint density at radius 2 is 1.94 bits per heavy atom. The van der Waals surface area contributed by atoms with Crippen LogP contribution in [0.1, 0.15) is 51.0 Å². The first-order valence-corrected chi connectivity index (χ1v) is 13.5. The highest BCUT2D eigenvalue weighted by molar-refractivity contribution is 7.92. The van der Waals surface area contributed by atoms with Crippen LogP contribution >= 0.6 is 0 Å². The van der Waals surface area contributed by atoms with Crippen molar-refractivity contribution in [3.8, 4) is 0 Å². The van der Waals surface area contributed by atoms with Crippen LogP contribution in [0.15, 0.2) is 47.4 Å². The summed E-state index contributed by atoms with van der Waals surface area (Å²) in [6.45, 7) is 2.76. The Hall–Kier alpha value is -3.11. The number of carbonyl (C=O) groups is 1. The molecular formula is C25H33N5O4S. The molecule has 1 aliphatic carbocycles. The molecule has 4 N–H and O–H groups in total. The van der Waals surface area contributed by atoms with Crippen molar-refractivity contribution < 1.29 is 18.3 Å². The lowest BCUT2D eigenvalue weighted by Crippen LogP contribution is -2.29. The molecule has 3 aromatic rings. The van der Waals surface area contributed by atoms with Crippen LogP contribution in [-0.2, 0) is 16.6 Å². The number of imidazole rings is 1. The molecule has 10 heteroatoms. The molecule has 0 aliphatic heterocycles. The summed E-state index contributed by atoms with van der Waals surface area (Å²) in [6, 6.07) is 12.2. The maximum Gasteiger partial charge on any atom is 0.413 e. The number of fused-ring (bicyclic) bond motifs is 1. The topological polar surface area (TPSA) is 127 Å². The lowest BCUT2D eigenvalue weighted by Gasteiger charge is -2.25. The lowest BCUT2D eigenvalue weighted by atomic mass is 9.85. The SMILES string of the molecule is C[C@@H](CC1CCCCC1)NCc1ccccc1NS(=O)(=O)c1ccc2nc(N(C)C(=O)O)[nH]c2c1. The van der Waals surface area contributed by atoms with Crippen molar-refractivity contribution in [3.63, 3.8) is 0 Å². The van der Waals surface area contributed by atoms with Gasteiger partial charge in [0.2, 0.25) is 5.95 Å². The molecule has 188 valence electrons. The second kappa shape index (κ2) is 10.7. The molecule has 1 aromatic heterocycles. The maximum absolute atomic E-state index is 13.2. The number of nitrogens with one attached hydrogen (secondary N) is 3. The summed E-state index contributed by atoms with van der Waals surface area (Å²) >= 11 is 0. The monoisotopic (exact) mass is 499 g/mol. The largest absolute Gasteiger partial charge is 0.465 e. The number of para-hydroxylation sites is 1. The van der Waals surface area contributed by atoms with Crippen LogP contribution in [0.25, 0.3) is 11.0 Å². The zero-order valence-corrected chi connectivity index (χ0v) is 20.9. The second-order valence-corrected chi connectivity index (χ2v) is 11.0. The summed E-state index contributed by atoms with van der Waals surface area (Å²) in [5.74, 6) is 0.891. The highest BCUT2D eigenvalue weighted by atomic mass is 32.2. The van der Waals surface area contributed by atoms with E-state index >= 15 is 0 Å². The number of amides is 1. The number of hydrogen-bond donors (Lipinski definition) is 4. The van der Waals surface area contributed by atoms with E-state index in [9.17, 15) is 13.2 Å². The third-order valence-corrected chi connectivity index (χ3v) is 8.03. The van der Waals surface area contributed by atoms with Crippen LogP contribution in [0.4, 0.5) is 16.4 Å². The predicted octanol–water partition coefficient (Wildman–Crippen LogP) is 4.93. The average molecular weight is 500 g/mol. The van der Waals surface area contributed by atoms with E-state index < -0.39 is 16.1 Å². The average Bonchev–Trinajstić information content (AvgIpc) is 3.27. The number of carboxylic acid groups (broad SMARTS) is 1. The van der Waals surface area contributed by atoms with Gasteiger partial charge in [0, 0.05) is 19.6 Å². The normalized spacial score (nSPS) is 15.7. The van der Waals surface area contributed by atoms with Crippen molar-refractivity contribution in [2.75, 3.05) is 16.7 Å². The second-order valence-electron chi connectivity index (χ2n) is 9.37. The van der Waals surface area contributed by atoms with E-state index in [1.807, 2.05) is 12.1 Å². The van der Waals surface area contributed by atoms with Gasteiger partial charge in [-0.25, -0.2) is 18.2 Å². The fraction of sp³-hybridized carbons (Fsp3) is 0.440. The number of aromatic nitrogens is 2. The van der Waals surface area contributed by atoms with Gasteiger partial charge < -0.3 is 15.4 Å². The van der Waals surface area contributed by atoms with E-state index in [4.69, 9.17) is 5.11 Å². The van der Waals surface area contributed by atoms with Gasteiger partial charge in [-0.3, -0.25) is 9.62 Å². The van der Waals surface area contributed by atoms with E-state index in [1.165, 1.54) is 51.3 Å². The van der Waals surface area contributed by atoms with Crippen molar-refractivity contribution in [3.05, 3.63) is 48.0 Å². The Bertz CT molecular complexity index is 1280. The summed E-state index contributed by atoms with van der Waals surface area (Å²) in [5, 5.41) is 12.7. The van der Waals surface area contributed by atoms with Crippen LogP contribution < -0.4 is 14.9 Å². The summed E-state index contributed by atoms with van der Waals surface area (Å²) in [7, 11) is -2.51. The van der Waals surface area contributed by atoms with Gasteiger partial charge in [0.05, 0.1) is 21.6 Å². The molecule has 1 saturated carbocycles. The highest BCUT2D eigenvalue weighted by Crippen LogP contribution is 2.28. The van der Waals surface area contributed by atoms with Crippen LogP contribution in [0.5, 0.6) is 0 Å². The third-order valence-electron chi connectivity index (χ3n) is 6.67. The van der Waals surface area contributed by atoms with Gasteiger partial charge in [0.25, 0.3) is 10.0 Å². The minimum Gasteiger partial charge on any atom is -0.465 e. The molecule has 0 spiro atoms. The Kier molecular flexibility index (Phi) is 7.61. The molecule has 4 rings (SSSR count). The van der Waals surface area contributed by atoms with E-state index in [1.54, 1.807) is 18.2 Å². The molecule has 0 radical (unpaired) electrons. The fourth-order valence-electron chi connectivity index (χ4n) is 4.66. The van der Waals surface area contributed by atoms with Crippen molar-refractivity contribution in [1.82, 2.24) is 15.3 Å². The molecule has 0 unspecified atom stereocenters. The summed E-state index contributed by atoms with van der Waals surface area (Å²) in [6.07, 6.45) is 6.57. The quantitative estimate of drug-likeness (QED) is 0.331. The Morgan fingerprint density at radius 1 is 1.20 bits per heavy atom. The minimum atomic E-state index is -3.87. The standard InChI is InChI=1S/C25H33N5O4S/c1-17(14-18-8-4-3-5-9-18)26-16-19-10-6-7-11-21(19)29-35(33,34)20-12-13-22-23(15-20)28-24(27-22)30(2)25(31)32/h6-7,10-13,15,17-18,26,29H,3-5,8-9,14,16H2,1-2H3,(H,27,28)(H,31,32)/t17-/m0/s1. The summed E-state index contributed by atoms with van der Waals surface area (Å²) < 4.78 is 29.1. The first-order valence-electron chi connectivity index (χ1n) is 12.0. The number of aromatic amines is 1. The molecule has 9 nitrogen and oxygen atoms in total. The number of nitrogens with zero attached hydrogens (tertiary/aromatic N) is 2. The molecule has 35 heavy (non-hydrogen) atoms. The van der Waals surface area contributed by atoms with E-state index in [2.05, 4.69) is 26.9 Å². The zero-order chi connectivity index (χ0) is 25.0. The van der Waals surface area contributed by atoms with Crippen LogP contribution in [0.2, 0.25) is 0 Å². The van der Waals surface area contributed by atoms with Crippen LogP contribution in [0, 0.1) is 5.92 Å². The molecular weight excluding hydrogens is 466 g/mol. The minimum absolute atomic E-state index is 0.0617. The number of H-pyrrole nitrogens is 1. The Morgan fingerprint density at radius 3 is 2.69 bits per heavy atom. The van der Waals surface area contributed by atoms with Gasteiger partial charge in [-0.05, 0) is 49.1 Å². The van der Waals surface area contributed by atoms with E-state index in [0.29, 0.717) is 29.3 Å². The third kappa shape index (κ3) is 6.12. The molecule has 2 aromatic carbocycles. The summed E-state index contributed by atoms with van der Waals surface area (Å²) in [5.41, 5.74) is 2.31. The molecule has 0 bridgehead atoms. The van der Waals surface area contributed by atoms with Gasteiger partial charge in [-0.1, -0.05) is 50.3 Å². The van der Waals surface area contributed by atoms with Gasteiger partial charge in [0.15, 0.2) is 0 Å².